The van der Waals surface area contributed by atoms with Crippen LogP contribution in [-0.2, 0) is 26.4 Å². The first-order valence-corrected chi connectivity index (χ1v) is 17.7. The third-order valence-electron chi connectivity index (χ3n) is 7.76. The van der Waals surface area contributed by atoms with Gasteiger partial charge in [0.2, 0.25) is 0 Å². The van der Waals surface area contributed by atoms with Crippen LogP contribution < -0.4 is 14.2 Å². The van der Waals surface area contributed by atoms with Gasteiger partial charge in [0.05, 0.1) is 64.4 Å². The third kappa shape index (κ3) is 11.6. The van der Waals surface area contributed by atoms with Crippen molar-refractivity contribution in [3.8, 4) is 35.3 Å². The van der Waals surface area contributed by atoms with Crippen LogP contribution >= 0.6 is 23.5 Å². The summed E-state index contributed by atoms with van der Waals surface area (Å²) in [4.78, 5) is 1.85. The Bertz CT molecular complexity index is 1670. The predicted molar refractivity (Wildman–Crippen MR) is 199 cm³/mol. The number of benzene rings is 4. The number of phenolic OH excluding ortho intramolecular Hbond substituents is 1. The van der Waals surface area contributed by atoms with Crippen LogP contribution in [0.25, 0.3) is 0 Å². The van der Waals surface area contributed by atoms with E-state index in [1.165, 1.54) is 37.7 Å². The smallest absolute Gasteiger partial charge is 0.163 e. The van der Waals surface area contributed by atoms with E-state index in [0.29, 0.717) is 39.5 Å². The van der Waals surface area contributed by atoms with Crippen molar-refractivity contribution < 1.29 is 50.0 Å². The highest BCUT2D eigenvalue weighted by molar-refractivity contribution is 7.99. The van der Waals surface area contributed by atoms with Crippen molar-refractivity contribution in [2.75, 3.05) is 27.4 Å². The molecule has 51 heavy (non-hydrogen) atoms. The van der Waals surface area contributed by atoms with E-state index >= 15 is 0 Å². The minimum Gasteiger partial charge on any atom is -0.508 e. The summed E-state index contributed by atoms with van der Waals surface area (Å²) in [5.74, 6) is 4.42. The maximum absolute atomic E-state index is 9.91. The molecule has 2 atom stereocenters. The van der Waals surface area contributed by atoms with E-state index in [-0.39, 0.29) is 55.9 Å². The van der Waals surface area contributed by atoms with Gasteiger partial charge >= 0.3 is 0 Å². The number of rotatable bonds is 16. The molecule has 10 nitrogen and oxygen atoms in total. The van der Waals surface area contributed by atoms with E-state index in [1.54, 1.807) is 48.5 Å². The first-order valence-electron chi connectivity index (χ1n) is 15.9. The van der Waals surface area contributed by atoms with Gasteiger partial charge in [-0.15, -0.1) is 29.9 Å². The van der Waals surface area contributed by atoms with Crippen molar-refractivity contribution in [3.05, 3.63) is 106 Å². The highest BCUT2D eigenvalue weighted by Crippen LogP contribution is 2.40. The largest absolute Gasteiger partial charge is 0.508 e. The van der Waals surface area contributed by atoms with Gasteiger partial charge < -0.3 is 50.0 Å². The summed E-state index contributed by atoms with van der Waals surface area (Å²) >= 11 is 2.92. The molecular weight excluding hydrogens is 693 g/mol. The van der Waals surface area contributed by atoms with Crippen LogP contribution in [0.2, 0.25) is 0 Å². The highest BCUT2D eigenvalue weighted by atomic mass is 32.2. The molecule has 4 aromatic carbocycles. The summed E-state index contributed by atoms with van der Waals surface area (Å²) in [6.07, 6.45) is 5.45. The maximum Gasteiger partial charge on any atom is 0.163 e. The van der Waals surface area contributed by atoms with Crippen LogP contribution in [0.1, 0.15) is 57.7 Å². The van der Waals surface area contributed by atoms with Gasteiger partial charge in [0.1, 0.15) is 23.0 Å². The van der Waals surface area contributed by atoms with Gasteiger partial charge in [0, 0.05) is 20.9 Å². The number of terminal acetylenes is 1. The molecule has 2 unspecified atom stereocenters. The summed E-state index contributed by atoms with van der Waals surface area (Å²) in [5, 5.41) is 66.6. The Morgan fingerprint density at radius 3 is 1.39 bits per heavy atom. The molecular formula is C39H46O10S2. The predicted octanol–water partition coefficient (Wildman–Crippen LogP) is 5.51. The molecule has 12 heteroatoms. The molecule has 4 rings (SSSR count). The zero-order valence-electron chi connectivity index (χ0n) is 29.1. The van der Waals surface area contributed by atoms with Crippen molar-refractivity contribution in [2.24, 2.45) is 0 Å². The van der Waals surface area contributed by atoms with Crippen LogP contribution in [0, 0.1) is 12.3 Å². The molecule has 0 aliphatic carbocycles. The molecule has 0 aliphatic heterocycles. The van der Waals surface area contributed by atoms with E-state index in [4.69, 9.17) is 20.6 Å². The Morgan fingerprint density at radius 1 is 0.647 bits per heavy atom. The topological polar surface area (TPSA) is 169 Å². The van der Waals surface area contributed by atoms with Crippen molar-refractivity contribution in [2.45, 2.75) is 66.2 Å². The summed E-state index contributed by atoms with van der Waals surface area (Å²) in [7, 11) is 3.01. The van der Waals surface area contributed by atoms with Crippen molar-refractivity contribution in [1.82, 2.24) is 0 Å². The molecule has 0 radical (unpaired) electrons. The lowest BCUT2D eigenvalue weighted by molar-refractivity contribution is 0.172. The fourth-order valence-corrected chi connectivity index (χ4v) is 6.95. The Hall–Kier alpha value is -3.90. The number of ether oxygens (including phenoxy) is 3. The molecule has 0 bridgehead atoms. The van der Waals surface area contributed by atoms with Gasteiger partial charge in [0.15, 0.2) is 5.60 Å². The van der Waals surface area contributed by atoms with E-state index in [1.807, 2.05) is 38.1 Å². The number of phenols is 1. The summed E-state index contributed by atoms with van der Waals surface area (Å²) in [6.45, 7) is 2.54. The Kier molecular flexibility index (Phi) is 16.5. The van der Waals surface area contributed by atoms with Crippen LogP contribution in [0.4, 0.5) is 0 Å². The minimum absolute atomic E-state index is 0.0977. The zero-order valence-corrected chi connectivity index (χ0v) is 30.7. The van der Waals surface area contributed by atoms with Gasteiger partial charge in [-0.05, 0) is 96.8 Å². The lowest BCUT2D eigenvalue weighted by Crippen LogP contribution is -2.25. The second-order valence-electron chi connectivity index (χ2n) is 11.7. The van der Waals surface area contributed by atoms with Crippen LogP contribution in [0.3, 0.4) is 0 Å². The molecule has 0 saturated heterocycles. The monoisotopic (exact) mass is 738 g/mol. The van der Waals surface area contributed by atoms with Crippen LogP contribution in [-0.4, -0.2) is 68.8 Å². The van der Waals surface area contributed by atoms with Crippen molar-refractivity contribution >= 4 is 23.5 Å². The summed E-state index contributed by atoms with van der Waals surface area (Å²) in [6, 6.07) is 21.3. The normalized spacial score (nSPS) is 12.3. The Morgan fingerprint density at radius 2 is 1.06 bits per heavy atom. The maximum atomic E-state index is 9.91. The molecule has 0 saturated carbocycles. The second-order valence-corrected chi connectivity index (χ2v) is 14.2. The van der Waals surface area contributed by atoms with Gasteiger partial charge in [0.25, 0.3) is 0 Å². The zero-order chi connectivity index (χ0) is 37.6. The molecule has 0 aromatic heterocycles. The number of aliphatic hydroxyl groups excluding tert-OH is 6. The van der Waals surface area contributed by atoms with E-state index in [0.717, 1.165) is 20.9 Å². The molecule has 0 amide bonds. The Balaban J connectivity index is 0.000000281. The Labute approximate surface area is 307 Å². The fraction of sp³-hybridized carbons (Fsp3) is 0.333. The SMILES string of the molecule is C#CC(C)(C)Oc1ccc(SC(CO)c2cc(CO)c(CO)c(OC)c2)cc1.COc1cc(C(CO)Sc2ccc(O)cc2)cc(CO)c1CO. The van der Waals surface area contributed by atoms with Crippen LogP contribution in [0.5, 0.6) is 23.0 Å². The summed E-state index contributed by atoms with van der Waals surface area (Å²) < 4.78 is 16.4. The third-order valence-corrected chi connectivity index (χ3v) is 10.3. The van der Waals surface area contributed by atoms with Crippen molar-refractivity contribution in [1.29, 1.82) is 0 Å². The minimum atomic E-state index is -0.687. The van der Waals surface area contributed by atoms with E-state index in [2.05, 4.69) is 5.92 Å². The van der Waals surface area contributed by atoms with Crippen molar-refractivity contribution in [3.63, 3.8) is 0 Å². The molecule has 7 N–H and O–H groups in total. The molecule has 0 heterocycles. The molecule has 0 spiro atoms. The van der Waals surface area contributed by atoms with Gasteiger partial charge in [-0.3, -0.25) is 0 Å². The van der Waals surface area contributed by atoms with Gasteiger partial charge in [-0.25, -0.2) is 0 Å². The number of aromatic hydroxyl groups is 1. The molecule has 4 aromatic rings. The standard InChI is InChI=1S/C22H26O5S.C17H20O5S/c1-5-22(2,3)27-17-6-8-18(9-7-17)28-21(14-25)15-10-16(12-23)19(13-24)20(11-15)26-4;1-22-16-7-11(6-12(8-18)15(16)9-19)17(10-20)23-14-4-2-13(21)3-5-14/h1,6-11,21,23-25H,12-14H2,2-4H3;2-7,17-21H,8-10H2,1H3. The van der Waals surface area contributed by atoms with Gasteiger partial charge in [-0.2, -0.15) is 0 Å². The van der Waals surface area contributed by atoms with Crippen LogP contribution in [0.15, 0.2) is 82.6 Å². The second kappa shape index (κ2) is 20.2. The van der Waals surface area contributed by atoms with E-state index in [9.17, 15) is 35.7 Å². The number of methoxy groups -OCH3 is 2. The molecule has 0 aliphatic rings. The lowest BCUT2D eigenvalue weighted by atomic mass is 10.0. The average Bonchev–Trinajstić information content (AvgIpc) is 3.16. The molecule has 0 fully saturated rings. The van der Waals surface area contributed by atoms with Gasteiger partial charge in [-0.1, -0.05) is 18.1 Å². The first-order chi connectivity index (χ1) is 24.5. The average molecular weight is 739 g/mol. The number of hydrogen-bond acceptors (Lipinski definition) is 12. The lowest BCUT2D eigenvalue weighted by Gasteiger charge is -2.21. The first kappa shape index (κ1) is 41.5. The quantitative estimate of drug-likeness (QED) is 0.0570. The fourth-order valence-electron chi connectivity index (χ4n) is 5.02. The molecule has 274 valence electrons. The number of thioether (sulfide) groups is 2. The number of aliphatic hydroxyl groups is 6. The number of hydrogen-bond donors (Lipinski definition) is 7. The highest BCUT2D eigenvalue weighted by Gasteiger charge is 2.20. The summed E-state index contributed by atoms with van der Waals surface area (Å²) in [5.41, 5.74) is 3.16. The van der Waals surface area contributed by atoms with E-state index < -0.39 is 5.60 Å².